The maximum absolute atomic E-state index is 4.09. The molecule has 0 fully saturated rings. The molecule has 0 spiro atoms. The molecule has 18 heavy (non-hydrogen) atoms. The first-order chi connectivity index (χ1) is 8.72. The lowest BCUT2D eigenvalue weighted by Crippen LogP contribution is -2.22. The van der Waals surface area contributed by atoms with E-state index in [1.807, 2.05) is 12.4 Å². The lowest BCUT2D eigenvalue weighted by molar-refractivity contribution is 0.629. The molecule has 0 saturated carbocycles. The second-order valence-electron chi connectivity index (χ2n) is 4.61. The van der Waals surface area contributed by atoms with Crippen molar-refractivity contribution in [1.29, 1.82) is 0 Å². The van der Waals surface area contributed by atoms with Crippen LogP contribution in [0.1, 0.15) is 35.2 Å². The molecule has 2 nitrogen and oxygen atoms in total. The average Bonchev–Trinajstić information content (AvgIpc) is 2.40. The number of aryl methyl sites for hydroxylation is 2. The maximum Gasteiger partial charge on any atom is 0.0577 e. The molecule has 0 aliphatic heterocycles. The molecule has 94 valence electrons. The Labute approximate surface area is 109 Å². The lowest BCUT2D eigenvalue weighted by Gasteiger charge is -2.19. The average molecular weight is 240 g/mol. The van der Waals surface area contributed by atoms with E-state index in [0.29, 0.717) is 0 Å². The molecule has 1 aromatic heterocycles. The molecular weight excluding hydrogens is 220 g/mol. The van der Waals surface area contributed by atoms with Crippen molar-refractivity contribution in [3.8, 4) is 0 Å². The van der Waals surface area contributed by atoms with Crippen LogP contribution in [-0.2, 0) is 0 Å². The predicted octanol–water partition coefficient (Wildman–Crippen LogP) is 3.40. The first-order valence-electron chi connectivity index (χ1n) is 6.43. The zero-order valence-corrected chi connectivity index (χ0v) is 11.3. The van der Waals surface area contributed by atoms with E-state index in [2.05, 4.69) is 61.4 Å². The largest absolute Gasteiger partial charge is 0.307 e. The van der Waals surface area contributed by atoms with Gasteiger partial charge in [-0.25, -0.2) is 0 Å². The van der Waals surface area contributed by atoms with Crippen molar-refractivity contribution < 1.29 is 0 Å². The summed E-state index contributed by atoms with van der Waals surface area (Å²) in [7, 11) is 0. The smallest absolute Gasteiger partial charge is 0.0577 e. The van der Waals surface area contributed by atoms with Gasteiger partial charge in [0.2, 0.25) is 0 Å². The second-order valence-corrected chi connectivity index (χ2v) is 4.61. The summed E-state index contributed by atoms with van der Waals surface area (Å²) in [6.07, 6.45) is 3.70. The molecule has 0 bridgehead atoms. The van der Waals surface area contributed by atoms with Crippen LogP contribution in [0.3, 0.4) is 0 Å². The van der Waals surface area contributed by atoms with Gasteiger partial charge in [-0.05, 0) is 54.8 Å². The van der Waals surface area contributed by atoms with E-state index < -0.39 is 0 Å². The van der Waals surface area contributed by atoms with Gasteiger partial charge in [-0.2, -0.15) is 0 Å². The Balaban J connectivity index is 2.38. The molecule has 1 unspecified atom stereocenters. The molecule has 1 N–H and O–H groups in total. The minimum atomic E-state index is 0.247. The summed E-state index contributed by atoms with van der Waals surface area (Å²) >= 11 is 0. The summed E-state index contributed by atoms with van der Waals surface area (Å²) in [5.74, 6) is 0. The maximum atomic E-state index is 4.09. The van der Waals surface area contributed by atoms with Gasteiger partial charge in [0, 0.05) is 12.4 Å². The van der Waals surface area contributed by atoms with Crippen LogP contribution >= 0.6 is 0 Å². The summed E-state index contributed by atoms with van der Waals surface area (Å²) in [6.45, 7) is 7.39. The highest BCUT2D eigenvalue weighted by Crippen LogP contribution is 2.23. The Morgan fingerprint density at radius 3 is 2.33 bits per heavy atom. The van der Waals surface area contributed by atoms with Crippen LogP contribution in [-0.4, -0.2) is 11.5 Å². The molecule has 1 atom stereocenters. The van der Waals surface area contributed by atoms with Crippen LogP contribution in [0.4, 0.5) is 0 Å². The zero-order valence-electron chi connectivity index (χ0n) is 11.3. The lowest BCUT2D eigenvalue weighted by atomic mass is 9.96. The molecule has 2 aromatic rings. The Hall–Kier alpha value is -1.67. The van der Waals surface area contributed by atoms with Gasteiger partial charge in [0.1, 0.15) is 0 Å². The molecule has 1 aromatic carbocycles. The number of aromatic nitrogens is 1. The van der Waals surface area contributed by atoms with Crippen molar-refractivity contribution in [2.75, 3.05) is 6.54 Å². The van der Waals surface area contributed by atoms with Crippen molar-refractivity contribution in [3.63, 3.8) is 0 Å². The highest BCUT2D eigenvalue weighted by atomic mass is 14.9. The SMILES string of the molecule is CCNC(c1ccncc1)c1ccc(C)c(C)c1. The van der Waals surface area contributed by atoms with E-state index in [4.69, 9.17) is 0 Å². The molecule has 0 aliphatic carbocycles. The molecule has 0 saturated heterocycles. The van der Waals surface area contributed by atoms with Crippen molar-refractivity contribution in [2.24, 2.45) is 0 Å². The molecule has 2 rings (SSSR count). The van der Waals surface area contributed by atoms with Gasteiger partial charge in [0.15, 0.2) is 0 Å². The van der Waals surface area contributed by atoms with Gasteiger partial charge in [-0.3, -0.25) is 4.98 Å². The van der Waals surface area contributed by atoms with Crippen LogP contribution in [0, 0.1) is 13.8 Å². The standard InChI is InChI=1S/C16H20N2/c1-4-18-16(14-7-9-17-10-8-14)15-6-5-12(2)13(3)11-15/h5-11,16,18H,4H2,1-3H3. The molecule has 1 heterocycles. The Bertz CT molecular complexity index is 506. The molecule has 0 aliphatic rings. The second kappa shape index (κ2) is 5.78. The van der Waals surface area contributed by atoms with Crippen LogP contribution in [0.5, 0.6) is 0 Å². The number of nitrogens with zero attached hydrogens (tertiary/aromatic N) is 1. The summed E-state index contributed by atoms with van der Waals surface area (Å²) < 4.78 is 0. The molecule has 0 amide bonds. The number of rotatable bonds is 4. The Morgan fingerprint density at radius 1 is 1.00 bits per heavy atom. The fraction of sp³-hybridized carbons (Fsp3) is 0.312. The number of benzene rings is 1. The minimum Gasteiger partial charge on any atom is -0.307 e. The van der Waals surface area contributed by atoms with Gasteiger partial charge >= 0.3 is 0 Å². The van der Waals surface area contributed by atoms with E-state index in [1.54, 1.807) is 0 Å². The topological polar surface area (TPSA) is 24.9 Å². The normalized spacial score (nSPS) is 12.4. The van der Waals surface area contributed by atoms with Crippen LogP contribution in [0.25, 0.3) is 0 Å². The highest BCUT2D eigenvalue weighted by Gasteiger charge is 2.12. The zero-order chi connectivity index (χ0) is 13.0. The summed E-state index contributed by atoms with van der Waals surface area (Å²) in [5.41, 5.74) is 5.24. The Morgan fingerprint density at radius 2 is 1.72 bits per heavy atom. The number of hydrogen-bond donors (Lipinski definition) is 1. The predicted molar refractivity (Wildman–Crippen MR) is 75.7 cm³/mol. The third-order valence-electron chi connectivity index (χ3n) is 3.31. The monoisotopic (exact) mass is 240 g/mol. The van der Waals surface area contributed by atoms with E-state index in [1.165, 1.54) is 22.3 Å². The summed E-state index contributed by atoms with van der Waals surface area (Å²) in [4.78, 5) is 4.09. The van der Waals surface area contributed by atoms with Crippen molar-refractivity contribution in [2.45, 2.75) is 26.8 Å². The van der Waals surface area contributed by atoms with Crippen LogP contribution in [0.15, 0.2) is 42.7 Å². The minimum absolute atomic E-state index is 0.247. The van der Waals surface area contributed by atoms with Crippen LogP contribution < -0.4 is 5.32 Å². The quantitative estimate of drug-likeness (QED) is 0.886. The summed E-state index contributed by atoms with van der Waals surface area (Å²) in [5, 5.41) is 3.53. The van der Waals surface area contributed by atoms with E-state index in [9.17, 15) is 0 Å². The van der Waals surface area contributed by atoms with Crippen LogP contribution in [0.2, 0.25) is 0 Å². The van der Waals surface area contributed by atoms with E-state index >= 15 is 0 Å². The van der Waals surface area contributed by atoms with Gasteiger partial charge in [-0.1, -0.05) is 25.1 Å². The molecule has 0 radical (unpaired) electrons. The third-order valence-corrected chi connectivity index (χ3v) is 3.31. The number of nitrogens with one attached hydrogen (secondary N) is 1. The Kier molecular flexibility index (Phi) is 4.11. The van der Waals surface area contributed by atoms with Gasteiger partial charge in [0.25, 0.3) is 0 Å². The fourth-order valence-electron chi connectivity index (χ4n) is 2.13. The van der Waals surface area contributed by atoms with Crippen molar-refractivity contribution >= 4 is 0 Å². The van der Waals surface area contributed by atoms with Gasteiger partial charge < -0.3 is 5.32 Å². The van der Waals surface area contributed by atoms with E-state index in [0.717, 1.165) is 6.54 Å². The molecule has 2 heteroatoms. The number of pyridine rings is 1. The summed E-state index contributed by atoms with van der Waals surface area (Å²) in [6, 6.07) is 11.1. The third kappa shape index (κ3) is 2.77. The van der Waals surface area contributed by atoms with Crippen molar-refractivity contribution in [3.05, 3.63) is 65.0 Å². The molecular formula is C16H20N2. The van der Waals surface area contributed by atoms with Crippen molar-refractivity contribution in [1.82, 2.24) is 10.3 Å². The fourth-order valence-corrected chi connectivity index (χ4v) is 2.13. The van der Waals surface area contributed by atoms with E-state index in [-0.39, 0.29) is 6.04 Å². The van der Waals surface area contributed by atoms with Gasteiger partial charge in [-0.15, -0.1) is 0 Å². The van der Waals surface area contributed by atoms with Gasteiger partial charge in [0.05, 0.1) is 6.04 Å². The highest BCUT2D eigenvalue weighted by molar-refractivity contribution is 5.36. The first kappa shape index (κ1) is 12.8. The number of hydrogen-bond acceptors (Lipinski definition) is 2. The first-order valence-corrected chi connectivity index (χ1v) is 6.43.